The molecule has 0 spiro atoms. The van der Waals surface area contributed by atoms with Crippen LogP contribution < -0.4 is 0 Å². The highest BCUT2D eigenvalue weighted by Crippen LogP contribution is 2.30. The Hall–Kier alpha value is -1.97. The van der Waals surface area contributed by atoms with Crippen LogP contribution in [0.25, 0.3) is 11.4 Å². The van der Waals surface area contributed by atoms with Gasteiger partial charge in [0.15, 0.2) is 11.0 Å². The van der Waals surface area contributed by atoms with Crippen molar-refractivity contribution in [1.82, 2.24) is 14.8 Å². The minimum Gasteiger partial charge on any atom is -0.305 e. The van der Waals surface area contributed by atoms with E-state index in [9.17, 15) is 17.2 Å². The van der Waals surface area contributed by atoms with Gasteiger partial charge in [-0.1, -0.05) is 11.6 Å². The summed E-state index contributed by atoms with van der Waals surface area (Å²) in [6.07, 6.45) is 0. The lowest BCUT2D eigenvalue weighted by molar-refractivity contribution is 0.234. The molecule has 0 bridgehead atoms. The smallest absolute Gasteiger partial charge is 0.305 e. The average molecular weight is 416 g/mol. The van der Waals surface area contributed by atoms with Gasteiger partial charge in [0.1, 0.15) is 0 Å². The first kappa shape index (κ1) is 18.8. The van der Waals surface area contributed by atoms with Gasteiger partial charge in [-0.05, 0) is 60.3 Å². The van der Waals surface area contributed by atoms with E-state index in [2.05, 4.69) is 10.2 Å². The van der Waals surface area contributed by atoms with Crippen LogP contribution in [0.1, 0.15) is 0 Å². The minimum absolute atomic E-state index is 0.420. The summed E-state index contributed by atoms with van der Waals surface area (Å²) in [5.41, 5.74) is 0.842. The SMILES string of the molecule is Cn1c(Sc2ccc(S(=O)(=O)C(F)F)cc2)nnc1-c1ccc(Cl)cc1. The van der Waals surface area contributed by atoms with Crippen LogP contribution in [0.5, 0.6) is 0 Å². The third-order valence-corrected chi connectivity index (χ3v) is 6.23. The zero-order chi connectivity index (χ0) is 18.9. The highest BCUT2D eigenvalue weighted by atomic mass is 35.5. The monoisotopic (exact) mass is 415 g/mol. The Bertz CT molecular complexity index is 1020. The molecule has 3 aromatic rings. The molecule has 3 rings (SSSR count). The summed E-state index contributed by atoms with van der Waals surface area (Å²) < 4.78 is 49.8. The fraction of sp³-hybridized carbons (Fsp3) is 0.125. The molecule has 0 atom stereocenters. The van der Waals surface area contributed by atoms with E-state index in [-0.39, 0.29) is 0 Å². The lowest BCUT2D eigenvalue weighted by atomic mass is 10.2. The van der Waals surface area contributed by atoms with Crippen LogP contribution in [0.3, 0.4) is 0 Å². The van der Waals surface area contributed by atoms with Crippen molar-refractivity contribution in [2.45, 2.75) is 20.7 Å². The van der Waals surface area contributed by atoms with E-state index in [0.717, 1.165) is 17.7 Å². The fourth-order valence-electron chi connectivity index (χ4n) is 2.16. The minimum atomic E-state index is -4.60. The predicted molar refractivity (Wildman–Crippen MR) is 95.2 cm³/mol. The van der Waals surface area contributed by atoms with Crippen molar-refractivity contribution in [2.75, 3.05) is 0 Å². The summed E-state index contributed by atoms with van der Waals surface area (Å²) in [6, 6.07) is 12.4. The molecule has 0 aliphatic heterocycles. The quantitative estimate of drug-likeness (QED) is 0.622. The van der Waals surface area contributed by atoms with Crippen LogP contribution in [-0.4, -0.2) is 28.9 Å². The molecule has 0 saturated heterocycles. The number of nitrogens with zero attached hydrogens (tertiary/aromatic N) is 3. The van der Waals surface area contributed by atoms with Gasteiger partial charge in [0.25, 0.3) is 0 Å². The molecule has 2 aromatic carbocycles. The molecule has 0 amide bonds. The van der Waals surface area contributed by atoms with Gasteiger partial charge in [-0.3, -0.25) is 0 Å². The second kappa shape index (κ2) is 7.34. The van der Waals surface area contributed by atoms with E-state index < -0.39 is 20.5 Å². The molecule has 0 fully saturated rings. The Kier molecular flexibility index (Phi) is 5.31. The summed E-state index contributed by atoms with van der Waals surface area (Å²) >= 11 is 7.12. The van der Waals surface area contributed by atoms with Crippen molar-refractivity contribution < 1.29 is 17.2 Å². The van der Waals surface area contributed by atoms with E-state index in [4.69, 9.17) is 11.6 Å². The van der Waals surface area contributed by atoms with Gasteiger partial charge in [-0.25, -0.2) is 8.42 Å². The number of benzene rings is 2. The van der Waals surface area contributed by atoms with Gasteiger partial charge in [0, 0.05) is 22.5 Å². The zero-order valence-corrected chi connectivity index (χ0v) is 15.7. The van der Waals surface area contributed by atoms with Crippen molar-refractivity contribution in [3.05, 3.63) is 53.6 Å². The second-order valence-corrected chi connectivity index (χ2v) is 8.65. The summed E-state index contributed by atoms with van der Waals surface area (Å²) in [5, 5.41) is 9.44. The maximum atomic E-state index is 12.6. The van der Waals surface area contributed by atoms with E-state index in [0.29, 0.717) is 20.9 Å². The molecule has 0 N–H and O–H groups in total. The molecule has 5 nitrogen and oxygen atoms in total. The van der Waals surface area contributed by atoms with Crippen LogP contribution in [-0.2, 0) is 16.9 Å². The van der Waals surface area contributed by atoms with E-state index in [1.807, 2.05) is 12.1 Å². The topological polar surface area (TPSA) is 64.8 Å². The first-order chi connectivity index (χ1) is 12.3. The molecule has 136 valence electrons. The number of alkyl halides is 2. The number of halogens is 3. The van der Waals surface area contributed by atoms with Crippen LogP contribution >= 0.6 is 23.4 Å². The number of hydrogen-bond acceptors (Lipinski definition) is 5. The lowest BCUT2D eigenvalue weighted by Crippen LogP contribution is -2.11. The van der Waals surface area contributed by atoms with Crippen LogP contribution in [0.2, 0.25) is 5.02 Å². The lowest BCUT2D eigenvalue weighted by Gasteiger charge is -2.06. The van der Waals surface area contributed by atoms with Crippen molar-refractivity contribution in [3.63, 3.8) is 0 Å². The van der Waals surface area contributed by atoms with Crippen molar-refractivity contribution in [2.24, 2.45) is 7.05 Å². The molecule has 1 heterocycles. The summed E-state index contributed by atoms with van der Waals surface area (Å²) in [5.74, 6) is -2.80. The highest BCUT2D eigenvalue weighted by molar-refractivity contribution is 7.99. The van der Waals surface area contributed by atoms with E-state index in [1.54, 1.807) is 23.7 Å². The first-order valence-corrected chi connectivity index (χ1v) is 9.98. The van der Waals surface area contributed by atoms with Gasteiger partial charge in [0.05, 0.1) is 4.90 Å². The fourth-order valence-corrected chi connectivity index (χ4v) is 3.79. The molecule has 10 heteroatoms. The normalized spacial score (nSPS) is 11.9. The first-order valence-electron chi connectivity index (χ1n) is 7.24. The Morgan fingerprint density at radius 2 is 1.65 bits per heavy atom. The predicted octanol–water partition coefficient (Wildman–Crippen LogP) is 4.28. The second-order valence-electron chi connectivity index (χ2n) is 5.25. The Balaban J connectivity index is 1.83. The standard InChI is InChI=1S/C16H12ClF2N3O2S2/c1-22-14(10-2-4-11(17)5-3-10)20-21-16(22)25-12-6-8-13(9-7-12)26(23,24)15(18)19/h2-9,15H,1H3. The molecular weight excluding hydrogens is 404 g/mol. The molecule has 0 aliphatic carbocycles. The van der Waals surface area contributed by atoms with Crippen LogP contribution in [0.15, 0.2) is 63.5 Å². The molecule has 0 radical (unpaired) electrons. The van der Waals surface area contributed by atoms with E-state index >= 15 is 0 Å². The van der Waals surface area contributed by atoms with Crippen LogP contribution in [0, 0.1) is 0 Å². The molecule has 0 aliphatic rings. The summed E-state index contributed by atoms with van der Waals surface area (Å²) in [4.78, 5) is 0.230. The number of rotatable bonds is 5. The van der Waals surface area contributed by atoms with Crippen molar-refractivity contribution >= 4 is 33.2 Å². The zero-order valence-electron chi connectivity index (χ0n) is 13.3. The van der Waals surface area contributed by atoms with Crippen molar-refractivity contribution in [1.29, 1.82) is 0 Å². The van der Waals surface area contributed by atoms with Gasteiger partial charge in [-0.15, -0.1) is 10.2 Å². The van der Waals surface area contributed by atoms with Gasteiger partial charge in [-0.2, -0.15) is 8.78 Å². The third kappa shape index (κ3) is 3.74. The van der Waals surface area contributed by atoms with E-state index in [1.165, 1.54) is 23.9 Å². The largest absolute Gasteiger partial charge is 0.341 e. The molecule has 0 saturated carbocycles. The van der Waals surface area contributed by atoms with Gasteiger partial charge >= 0.3 is 5.76 Å². The Morgan fingerprint density at radius 1 is 1.04 bits per heavy atom. The number of sulfone groups is 1. The molecule has 26 heavy (non-hydrogen) atoms. The van der Waals surface area contributed by atoms with Gasteiger partial charge < -0.3 is 4.57 Å². The van der Waals surface area contributed by atoms with Crippen molar-refractivity contribution in [3.8, 4) is 11.4 Å². The summed E-state index contributed by atoms with van der Waals surface area (Å²) in [7, 11) is -2.80. The molecular formula is C16H12ClF2N3O2S2. The summed E-state index contributed by atoms with van der Waals surface area (Å²) in [6.45, 7) is 0. The third-order valence-electron chi connectivity index (χ3n) is 3.53. The maximum absolute atomic E-state index is 12.6. The van der Waals surface area contributed by atoms with Crippen LogP contribution in [0.4, 0.5) is 8.78 Å². The Morgan fingerprint density at radius 3 is 2.23 bits per heavy atom. The Labute approximate surface area is 157 Å². The maximum Gasteiger partial charge on any atom is 0.341 e. The van der Waals surface area contributed by atoms with Gasteiger partial charge in [0.2, 0.25) is 9.84 Å². The molecule has 0 unspecified atom stereocenters. The number of aromatic nitrogens is 3. The highest BCUT2D eigenvalue weighted by Gasteiger charge is 2.26. The number of hydrogen-bond donors (Lipinski definition) is 0. The average Bonchev–Trinajstić information content (AvgIpc) is 2.97. The molecule has 1 aromatic heterocycles.